The molecule has 1 aliphatic rings. The second kappa shape index (κ2) is 8.54. The molecule has 0 saturated carbocycles. The molecule has 3 aromatic carbocycles. The van der Waals surface area contributed by atoms with Gasteiger partial charge in [0.15, 0.2) is 0 Å². The predicted molar refractivity (Wildman–Crippen MR) is 119 cm³/mol. The first kappa shape index (κ1) is 21.7. The fourth-order valence-electron chi connectivity index (χ4n) is 4.05. The standard InChI is InChI=1S/C26H22F3NO2/c1-16-6-12-21-17(14-16)7-13-22(21)23-5-3-4-18(25(23)32-2)15-24(31)30-20-10-8-19(9-11-20)26(27,28)29/h3-14,22H,15H2,1-2H3,(H,30,31). The Morgan fingerprint density at radius 1 is 1.03 bits per heavy atom. The Labute approximate surface area is 184 Å². The van der Waals surface area contributed by atoms with Gasteiger partial charge in [0.1, 0.15) is 5.75 Å². The van der Waals surface area contributed by atoms with E-state index in [4.69, 9.17) is 4.74 Å². The first-order valence-corrected chi connectivity index (χ1v) is 10.2. The largest absolute Gasteiger partial charge is 0.496 e. The first-order valence-electron chi connectivity index (χ1n) is 10.2. The van der Waals surface area contributed by atoms with Gasteiger partial charge in [-0.05, 0) is 42.3 Å². The van der Waals surface area contributed by atoms with Gasteiger partial charge in [0, 0.05) is 22.7 Å². The van der Waals surface area contributed by atoms with Crippen molar-refractivity contribution in [2.75, 3.05) is 12.4 Å². The maximum atomic E-state index is 12.7. The number of nitrogens with one attached hydrogen (secondary N) is 1. The van der Waals surface area contributed by atoms with E-state index in [9.17, 15) is 18.0 Å². The number of rotatable bonds is 5. The third kappa shape index (κ3) is 4.40. The van der Waals surface area contributed by atoms with Gasteiger partial charge >= 0.3 is 6.18 Å². The minimum Gasteiger partial charge on any atom is -0.496 e. The Bertz CT molecular complexity index is 1180. The highest BCUT2D eigenvalue weighted by molar-refractivity contribution is 5.92. The number of hydrogen-bond donors (Lipinski definition) is 1. The molecule has 0 bridgehead atoms. The molecule has 3 nitrogen and oxygen atoms in total. The lowest BCUT2D eigenvalue weighted by atomic mass is 9.90. The third-order valence-electron chi connectivity index (χ3n) is 5.56. The molecular weight excluding hydrogens is 415 g/mol. The summed E-state index contributed by atoms with van der Waals surface area (Å²) in [5.41, 5.74) is 4.76. The summed E-state index contributed by atoms with van der Waals surface area (Å²) in [6.45, 7) is 2.05. The molecule has 0 aliphatic heterocycles. The molecular formula is C26H22F3NO2. The van der Waals surface area contributed by atoms with Crippen LogP contribution in [0.25, 0.3) is 6.08 Å². The molecule has 164 valence electrons. The Morgan fingerprint density at radius 2 is 1.78 bits per heavy atom. The molecule has 0 aromatic heterocycles. The van der Waals surface area contributed by atoms with Crippen LogP contribution < -0.4 is 10.1 Å². The van der Waals surface area contributed by atoms with Gasteiger partial charge in [-0.3, -0.25) is 4.79 Å². The first-order chi connectivity index (χ1) is 15.3. The number of benzene rings is 3. The molecule has 0 radical (unpaired) electrons. The average molecular weight is 437 g/mol. The zero-order chi connectivity index (χ0) is 22.9. The maximum Gasteiger partial charge on any atom is 0.416 e. The topological polar surface area (TPSA) is 38.3 Å². The monoisotopic (exact) mass is 437 g/mol. The van der Waals surface area contributed by atoms with E-state index in [2.05, 4.69) is 42.6 Å². The fourth-order valence-corrected chi connectivity index (χ4v) is 4.05. The van der Waals surface area contributed by atoms with Gasteiger partial charge in [-0.1, -0.05) is 54.1 Å². The van der Waals surface area contributed by atoms with E-state index in [0.29, 0.717) is 17.0 Å². The summed E-state index contributed by atoms with van der Waals surface area (Å²) in [5, 5.41) is 2.66. The van der Waals surface area contributed by atoms with Crippen LogP contribution in [0.5, 0.6) is 5.75 Å². The van der Waals surface area contributed by atoms with Crippen LogP contribution >= 0.6 is 0 Å². The number of carbonyl (C=O) groups is 1. The van der Waals surface area contributed by atoms with E-state index < -0.39 is 11.7 Å². The normalized spacial score (nSPS) is 14.8. The SMILES string of the molecule is COc1c(CC(=O)Nc2ccc(C(F)(F)F)cc2)cccc1C1C=Cc2cc(C)ccc21. The minimum absolute atomic E-state index is 0.0264. The van der Waals surface area contributed by atoms with Crippen molar-refractivity contribution < 1.29 is 22.7 Å². The minimum atomic E-state index is -4.41. The summed E-state index contributed by atoms with van der Waals surface area (Å²) in [6.07, 6.45) is -0.165. The van der Waals surface area contributed by atoms with Gasteiger partial charge in [0.05, 0.1) is 19.1 Å². The molecule has 4 rings (SSSR count). The average Bonchev–Trinajstić information content (AvgIpc) is 3.16. The van der Waals surface area contributed by atoms with Crippen LogP contribution in [0.4, 0.5) is 18.9 Å². The Balaban J connectivity index is 1.54. The number of halogens is 3. The molecule has 6 heteroatoms. The van der Waals surface area contributed by atoms with Crippen LogP contribution in [0.1, 0.15) is 39.3 Å². The van der Waals surface area contributed by atoms with Gasteiger partial charge in [0.25, 0.3) is 0 Å². The van der Waals surface area contributed by atoms with E-state index in [0.717, 1.165) is 17.7 Å². The molecule has 0 heterocycles. The highest BCUT2D eigenvalue weighted by Crippen LogP contribution is 2.41. The van der Waals surface area contributed by atoms with Gasteiger partial charge in [-0.15, -0.1) is 0 Å². The summed E-state index contributed by atoms with van der Waals surface area (Å²) in [4.78, 5) is 12.6. The second-order valence-electron chi connectivity index (χ2n) is 7.81. The fraction of sp³-hybridized carbons (Fsp3) is 0.192. The van der Waals surface area contributed by atoms with Crippen LogP contribution in [-0.2, 0) is 17.4 Å². The molecule has 0 saturated heterocycles. The van der Waals surface area contributed by atoms with Crippen molar-refractivity contribution in [2.24, 2.45) is 0 Å². The van der Waals surface area contributed by atoms with E-state index in [-0.39, 0.29) is 18.2 Å². The summed E-state index contributed by atoms with van der Waals surface area (Å²) >= 11 is 0. The molecule has 1 N–H and O–H groups in total. The lowest BCUT2D eigenvalue weighted by Crippen LogP contribution is -2.16. The van der Waals surface area contributed by atoms with E-state index in [1.165, 1.54) is 28.8 Å². The van der Waals surface area contributed by atoms with Crippen molar-refractivity contribution in [3.8, 4) is 5.75 Å². The molecule has 3 aromatic rings. The number of alkyl halides is 3. The van der Waals surface area contributed by atoms with Crippen LogP contribution in [0, 0.1) is 6.92 Å². The number of aryl methyl sites for hydroxylation is 1. The predicted octanol–water partition coefficient (Wildman–Crippen LogP) is 6.36. The number of ether oxygens (including phenoxy) is 1. The number of allylic oxidation sites excluding steroid dienone is 1. The van der Waals surface area contributed by atoms with E-state index >= 15 is 0 Å². The quantitative estimate of drug-likeness (QED) is 0.504. The van der Waals surface area contributed by atoms with Crippen LogP contribution in [0.3, 0.4) is 0 Å². The number of fused-ring (bicyclic) bond motifs is 1. The number of para-hydroxylation sites is 1. The zero-order valence-electron chi connectivity index (χ0n) is 17.7. The number of hydrogen-bond acceptors (Lipinski definition) is 2. The van der Waals surface area contributed by atoms with Gasteiger partial charge in [-0.25, -0.2) is 0 Å². The Kier molecular flexibility index (Phi) is 5.78. The lowest BCUT2D eigenvalue weighted by Gasteiger charge is -2.18. The van der Waals surface area contributed by atoms with E-state index in [1.54, 1.807) is 7.11 Å². The molecule has 1 amide bonds. The van der Waals surface area contributed by atoms with Crippen LogP contribution in [0.2, 0.25) is 0 Å². The lowest BCUT2D eigenvalue weighted by molar-refractivity contribution is -0.137. The highest BCUT2D eigenvalue weighted by atomic mass is 19.4. The zero-order valence-corrected chi connectivity index (χ0v) is 17.7. The number of amides is 1. The summed E-state index contributed by atoms with van der Waals surface area (Å²) < 4.78 is 43.9. The number of carbonyl (C=O) groups excluding carboxylic acids is 1. The van der Waals surface area contributed by atoms with Crippen LogP contribution in [-0.4, -0.2) is 13.0 Å². The van der Waals surface area contributed by atoms with Crippen molar-refractivity contribution in [1.82, 2.24) is 0 Å². The third-order valence-corrected chi connectivity index (χ3v) is 5.56. The Hall–Kier alpha value is -3.54. The summed E-state index contributed by atoms with van der Waals surface area (Å²) in [5.74, 6) is 0.329. The maximum absolute atomic E-state index is 12.7. The molecule has 1 atom stereocenters. The molecule has 0 fully saturated rings. The van der Waals surface area contributed by atoms with Crippen molar-refractivity contribution in [3.05, 3.63) is 100 Å². The van der Waals surface area contributed by atoms with E-state index in [1.807, 2.05) is 18.2 Å². The number of methoxy groups -OCH3 is 1. The van der Waals surface area contributed by atoms with Crippen molar-refractivity contribution >= 4 is 17.7 Å². The van der Waals surface area contributed by atoms with Crippen LogP contribution in [0.15, 0.2) is 66.7 Å². The van der Waals surface area contributed by atoms with Gasteiger partial charge < -0.3 is 10.1 Å². The van der Waals surface area contributed by atoms with Gasteiger partial charge in [-0.2, -0.15) is 13.2 Å². The molecule has 0 spiro atoms. The van der Waals surface area contributed by atoms with Crippen molar-refractivity contribution in [1.29, 1.82) is 0 Å². The number of anilines is 1. The molecule has 32 heavy (non-hydrogen) atoms. The second-order valence-corrected chi connectivity index (χ2v) is 7.81. The highest BCUT2D eigenvalue weighted by Gasteiger charge is 2.30. The molecule has 1 unspecified atom stereocenters. The summed E-state index contributed by atoms with van der Waals surface area (Å²) in [7, 11) is 1.57. The van der Waals surface area contributed by atoms with Crippen molar-refractivity contribution in [2.45, 2.75) is 25.4 Å². The van der Waals surface area contributed by atoms with Gasteiger partial charge in [0.2, 0.25) is 5.91 Å². The molecule has 1 aliphatic carbocycles. The van der Waals surface area contributed by atoms with Crippen molar-refractivity contribution in [3.63, 3.8) is 0 Å². The Morgan fingerprint density at radius 3 is 2.47 bits per heavy atom. The summed E-state index contributed by atoms with van der Waals surface area (Å²) in [6, 6.07) is 16.4. The smallest absolute Gasteiger partial charge is 0.416 e.